The van der Waals surface area contributed by atoms with Gasteiger partial charge in [0.1, 0.15) is 0 Å². The Labute approximate surface area is 139 Å². The van der Waals surface area contributed by atoms with Crippen LogP contribution in [-0.4, -0.2) is 41.7 Å². The molecule has 0 aromatic heterocycles. The van der Waals surface area contributed by atoms with Crippen molar-refractivity contribution in [1.29, 1.82) is 0 Å². The molecule has 0 radical (unpaired) electrons. The van der Waals surface area contributed by atoms with Gasteiger partial charge in [-0.2, -0.15) is 0 Å². The van der Waals surface area contributed by atoms with Crippen molar-refractivity contribution in [3.05, 3.63) is 35.9 Å². The van der Waals surface area contributed by atoms with Crippen molar-refractivity contribution in [1.82, 2.24) is 10.2 Å². The SMILES string of the molecule is CC(C)(C)CC1CC(NCc2ccccc2)CN(CC(=O)O)C1. The molecular weight excluding hydrogens is 288 g/mol. The Bertz CT molecular complexity index is 496. The van der Waals surface area contributed by atoms with Crippen molar-refractivity contribution in [2.75, 3.05) is 19.6 Å². The summed E-state index contributed by atoms with van der Waals surface area (Å²) < 4.78 is 0. The first-order chi connectivity index (χ1) is 10.8. The Morgan fingerprint density at radius 3 is 2.57 bits per heavy atom. The van der Waals surface area contributed by atoms with E-state index in [9.17, 15) is 4.79 Å². The molecule has 2 rings (SSSR count). The average molecular weight is 318 g/mol. The number of aliphatic carboxylic acids is 1. The van der Waals surface area contributed by atoms with Crippen molar-refractivity contribution in [2.45, 2.75) is 46.2 Å². The molecule has 4 nitrogen and oxygen atoms in total. The number of likely N-dealkylation sites (tertiary alicyclic amines) is 1. The quantitative estimate of drug-likeness (QED) is 0.846. The Morgan fingerprint density at radius 2 is 1.96 bits per heavy atom. The predicted molar refractivity (Wildman–Crippen MR) is 93.3 cm³/mol. The van der Waals surface area contributed by atoms with Crippen LogP contribution in [0, 0.1) is 11.3 Å². The zero-order valence-electron chi connectivity index (χ0n) is 14.6. The number of hydrogen-bond acceptors (Lipinski definition) is 3. The van der Waals surface area contributed by atoms with E-state index < -0.39 is 5.97 Å². The monoisotopic (exact) mass is 318 g/mol. The van der Waals surface area contributed by atoms with E-state index >= 15 is 0 Å². The fraction of sp³-hybridized carbons (Fsp3) is 0.632. The van der Waals surface area contributed by atoms with Gasteiger partial charge in [0.05, 0.1) is 6.54 Å². The predicted octanol–water partition coefficient (Wildman–Crippen LogP) is 2.99. The molecule has 2 N–H and O–H groups in total. The van der Waals surface area contributed by atoms with Crippen LogP contribution in [0.2, 0.25) is 0 Å². The fourth-order valence-electron chi connectivity index (χ4n) is 3.64. The molecule has 4 heteroatoms. The summed E-state index contributed by atoms with van der Waals surface area (Å²) in [7, 11) is 0. The first kappa shape index (κ1) is 18.0. The highest BCUT2D eigenvalue weighted by Gasteiger charge is 2.30. The number of hydrogen-bond donors (Lipinski definition) is 2. The van der Waals surface area contributed by atoms with Crippen molar-refractivity contribution >= 4 is 5.97 Å². The number of nitrogens with zero attached hydrogens (tertiary/aromatic N) is 1. The van der Waals surface area contributed by atoms with Crippen LogP contribution in [-0.2, 0) is 11.3 Å². The Kier molecular flexibility index (Phi) is 6.19. The smallest absolute Gasteiger partial charge is 0.317 e. The molecule has 0 saturated carbocycles. The van der Waals surface area contributed by atoms with Gasteiger partial charge in [0.15, 0.2) is 0 Å². The van der Waals surface area contributed by atoms with Gasteiger partial charge < -0.3 is 10.4 Å². The number of carbonyl (C=O) groups is 1. The lowest BCUT2D eigenvalue weighted by atomic mass is 9.80. The van der Waals surface area contributed by atoms with Crippen LogP contribution in [0.1, 0.15) is 39.2 Å². The zero-order chi connectivity index (χ0) is 16.9. The summed E-state index contributed by atoms with van der Waals surface area (Å²) in [5.74, 6) is -0.181. The number of carboxylic acids is 1. The van der Waals surface area contributed by atoms with E-state index in [1.807, 2.05) is 6.07 Å². The molecular formula is C19H30N2O2. The summed E-state index contributed by atoms with van der Waals surface area (Å²) in [4.78, 5) is 13.2. The first-order valence-corrected chi connectivity index (χ1v) is 8.53. The fourth-order valence-corrected chi connectivity index (χ4v) is 3.64. The summed E-state index contributed by atoms with van der Waals surface area (Å²) >= 11 is 0. The second-order valence-corrected chi connectivity index (χ2v) is 8.02. The van der Waals surface area contributed by atoms with E-state index in [0.29, 0.717) is 12.0 Å². The molecule has 1 aliphatic rings. The maximum Gasteiger partial charge on any atom is 0.317 e. The van der Waals surface area contributed by atoms with Gasteiger partial charge >= 0.3 is 5.97 Å². The Balaban J connectivity index is 1.94. The lowest BCUT2D eigenvalue weighted by molar-refractivity contribution is -0.138. The van der Waals surface area contributed by atoms with Gasteiger partial charge in [0.2, 0.25) is 0 Å². The molecule has 0 amide bonds. The largest absolute Gasteiger partial charge is 0.480 e. The van der Waals surface area contributed by atoms with Gasteiger partial charge in [-0.05, 0) is 29.7 Å². The highest BCUT2D eigenvalue weighted by Crippen LogP contribution is 2.30. The normalized spacial score (nSPS) is 22.9. The van der Waals surface area contributed by atoms with Crippen LogP contribution in [0.3, 0.4) is 0 Å². The highest BCUT2D eigenvalue weighted by atomic mass is 16.4. The van der Waals surface area contributed by atoms with Crippen LogP contribution in [0.25, 0.3) is 0 Å². The first-order valence-electron chi connectivity index (χ1n) is 8.53. The van der Waals surface area contributed by atoms with Crippen molar-refractivity contribution in [2.24, 2.45) is 11.3 Å². The van der Waals surface area contributed by atoms with Gasteiger partial charge in [0, 0.05) is 25.7 Å². The minimum absolute atomic E-state index is 0.143. The summed E-state index contributed by atoms with van der Waals surface area (Å²) in [6.45, 7) is 9.48. The van der Waals surface area contributed by atoms with E-state index in [-0.39, 0.29) is 12.0 Å². The van der Waals surface area contributed by atoms with Crippen LogP contribution in [0.5, 0.6) is 0 Å². The van der Waals surface area contributed by atoms with E-state index in [4.69, 9.17) is 5.11 Å². The maximum absolute atomic E-state index is 11.1. The Morgan fingerprint density at radius 1 is 1.26 bits per heavy atom. The molecule has 1 aliphatic heterocycles. The Hall–Kier alpha value is -1.39. The molecule has 0 spiro atoms. The zero-order valence-corrected chi connectivity index (χ0v) is 14.6. The van der Waals surface area contributed by atoms with Gasteiger partial charge in [-0.25, -0.2) is 0 Å². The molecule has 2 unspecified atom stereocenters. The molecule has 2 atom stereocenters. The summed E-state index contributed by atoms with van der Waals surface area (Å²) in [5.41, 5.74) is 1.55. The number of piperidine rings is 1. The van der Waals surface area contributed by atoms with E-state index in [1.165, 1.54) is 5.56 Å². The molecule has 23 heavy (non-hydrogen) atoms. The minimum Gasteiger partial charge on any atom is -0.480 e. The second-order valence-electron chi connectivity index (χ2n) is 8.02. The third-order valence-electron chi connectivity index (χ3n) is 4.31. The van der Waals surface area contributed by atoms with Crippen molar-refractivity contribution in [3.63, 3.8) is 0 Å². The maximum atomic E-state index is 11.1. The summed E-state index contributed by atoms with van der Waals surface area (Å²) in [6.07, 6.45) is 2.26. The molecule has 1 aromatic carbocycles. The van der Waals surface area contributed by atoms with Gasteiger partial charge in [-0.15, -0.1) is 0 Å². The van der Waals surface area contributed by atoms with Crippen LogP contribution in [0.4, 0.5) is 0 Å². The van der Waals surface area contributed by atoms with Crippen molar-refractivity contribution in [3.8, 4) is 0 Å². The summed E-state index contributed by atoms with van der Waals surface area (Å²) in [5, 5.41) is 12.7. The van der Waals surface area contributed by atoms with Crippen LogP contribution >= 0.6 is 0 Å². The third-order valence-corrected chi connectivity index (χ3v) is 4.31. The van der Waals surface area contributed by atoms with E-state index in [1.54, 1.807) is 0 Å². The molecule has 1 saturated heterocycles. The molecule has 128 valence electrons. The second kappa shape index (κ2) is 7.93. The van der Waals surface area contributed by atoms with Gasteiger partial charge in [-0.3, -0.25) is 9.69 Å². The number of carboxylic acid groups (broad SMARTS) is 1. The lowest BCUT2D eigenvalue weighted by Gasteiger charge is -2.39. The molecule has 0 aliphatic carbocycles. The van der Waals surface area contributed by atoms with Crippen LogP contribution in [0.15, 0.2) is 30.3 Å². The molecule has 1 aromatic rings. The van der Waals surface area contributed by atoms with Crippen molar-refractivity contribution < 1.29 is 9.90 Å². The number of rotatable bonds is 6. The average Bonchev–Trinajstić information content (AvgIpc) is 2.43. The highest BCUT2D eigenvalue weighted by molar-refractivity contribution is 5.69. The number of nitrogens with one attached hydrogen (secondary N) is 1. The summed E-state index contributed by atoms with van der Waals surface area (Å²) in [6, 6.07) is 10.7. The number of benzene rings is 1. The topological polar surface area (TPSA) is 52.6 Å². The standard InChI is InChI=1S/C19H30N2O2/c1-19(2,3)10-16-9-17(13-21(12-16)14-18(22)23)20-11-15-7-5-4-6-8-15/h4-8,16-17,20H,9-14H2,1-3H3,(H,22,23). The van der Waals surface area contributed by atoms with E-state index in [2.05, 4.69) is 55.3 Å². The lowest BCUT2D eigenvalue weighted by Crippen LogP contribution is -2.50. The molecule has 0 bridgehead atoms. The van der Waals surface area contributed by atoms with Gasteiger partial charge in [0.25, 0.3) is 0 Å². The molecule has 1 fully saturated rings. The minimum atomic E-state index is -0.733. The third kappa shape index (κ3) is 6.71. The van der Waals surface area contributed by atoms with Gasteiger partial charge in [-0.1, -0.05) is 51.1 Å². The van der Waals surface area contributed by atoms with Crippen LogP contribution < -0.4 is 5.32 Å². The van der Waals surface area contributed by atoms with E-state index in [0.717, 1.165) is 32.5 Å². The molecule has 1 heterocycles.